The van der Waals surface area contributed by atoms with E-state index in [1.54, 1.807) is 19.1 Å². The van der Waals surface area contributed by atoms with E-state index in [0.29, 0.717) is 15.2 Å². The second-order valence-electron chi connectivity index (χ2n) is 5.83. The number of carbonyl (C=O) groups is 2. The molecule has 2 heterocycles. The van der Waals surface area contributed by atoms with E-state index < -0.39 is 11.8 Å². The first-order valence-electron chi connectivity index (χ1n) is 8.13. The molecule has 0 atom stereocenters. The van der Waals surface area contributed by atoms with E-state index in [4.69, 9.17) is 34.8 Å². The number of aromatic nitrogens is 3. The molecule has 3 aromatic rings. The zero-order valence-electron chi connectivity index (χ0n) is 15.1. The topological polar surface area (TPSA) is 88.9 Å². The molecule has 3 rings (SSSR count). The molecule has 0 saturated carbocycles. The Morgan fingerprint density at radius 3 is 2.52 bits per heavy atom. The summed E-state index contributed by atoms with van der Waals surface area (Å²) in [6.45, 7) is 1.65. The number of hydrogen-bond acceptors (Lipinski definition) is 4. The summed E-state index contributed by atoms with van der Waals surface area (Å²) < 4.78 is 1.70. The Kier molecular flexibility index (Phi) is 6.48. The van der Waals surface area contributed by atoms with Gasteiger partial charge < -0.3 is 10.6 Å². The minimum Gasteiger partial charge on any atom is -0.355 e. The van der Waals surface area contributed by atoms with Crippen LogP contribution in [0.1, 0.15) is 26.4 Å². The van der Waals surface area contributed by atoms with Gasteiger partial charge in [0, 0.05) is 19.3 Å². The van der Waals surface area contributed by atoms with Gasteiger partial charge in [-0.05, 0) is 46.6 Å². The lowest BCUT2D eigenvalue weighted by atomic mass is 10.1. The van der Waals surface area contributed by atoms with Crippen LogP contribution in [0.5, 0.6) is 0 Å². The number of hydrogen-bond donors (Lipinski definition) is 2. The molecule has 29 heavy (non-hydrogen) atoms. The molecular weight excluding hydrogens is 504 g/mol. The fourth-order valence-corrected chi connectivity index (χ4v) is 3.59. The summed E-state index contributed by atoms with van der Waals surface area (Å²) in [5.41, 5.74) is 1.01. The summed E-state index contributed by atoms with van der Waals surface area (Å²) in [5.74, 6) is -0.691. The maximum absolute atomic E-state index is 13.1. The number of nitrogens with one attached hydrogen (secondary N) is 2. The number of anilines is 1. The van der Waals surface area contributed by atoms with Crippen LogP contribution >= 0.6 is 50.7 Å². The fraction of sp³-hybridized carbons (Fsp3) is 0.111. The van der Waals surface area contributed by atoms with Gasteiger partial charge >= 0.3 is 0 Å². The number of carbonyl (C=O) groups excluding carboxylic acids is 2. The molecule has 11 heteroatoms. The standard InChI is InChI=1S/C18H13BrCl3N5O2/c1-8-14(22)11(21)6-9(17(28)23-2)15(8)25-18(29)12-7-13(19)26-27(12)16-10(20)4-3-5-24-16/h3-7H,1-2H3,(H,23,28)(H,25,29). The van der Waals surface area contributed by atoms with Crippen molar-refractivity contribution in [3.63, 3.8) is 0 Å². The van der Waals surface area contributed by atoms with Crippen molar-refractivity contribution in [2.45, 2.75) is 6.92 Å². The van der Waals surface area contributed by atoms with Crippen molar-refractivity contribution in [2.24, 2.45) is 0 Å². The Labute approximate surface area is 189 Å². The third-order valence-electron chi connectivity index (χ3n) is 4.02. The largest absolute Gasteiger partial charge is 0.355 e. The highest BCUT2D eigenvalue weighted by Crippen LogP contribution is 2.35. The number of halogens is 4. The predicted molar refractivity (Wildman–Crippen MR) is 117 cm³/mol. The molecule has 0 radical (unpaired) electrons. The lowest BCUT2D eigenvalue weighted by Gasteiger charge is -2.16. The second kappa shape index (κ2) is 8.71. The molecule has 2 aromatic heterocycles. The quantitative estimate of drug-likeness (QED) is 0.515. The lowest BCUT2D eigenvalue weighted by molar-refractivity contribution is 0.0964. The molecular formula is C18H13BrCl3N5O2. The predicted octanol–water partition coefficient (Wildman–Crippen LogP) is 4.91. The summed E-state index contributed by atoms with van der Waals surface area (Å²) in [4.78, 5) is 29.5. The molecule has 0 fully saturated rings. The Morgan fingerprint density at radius 2 is 1.86 bits per heavy atom. The third-order valence-corrected chi connectivity index (χ3v) is 5.58. The van der Waals surface area contributed by atoms with E-state index in [-0.39, 0.29) is 32.8 Å². The van der Waals surface area contributed by atoms with Crippen molar-refractivity contribution in [1.29, 1.82) is 0 Å². The van der Waals surface area contributed by atoms with Gasteiger partial charge in [0.25, 0.3) is 11.8 Å². The van der Waals surface area contributed by atoms with Gasteiger partial charge in [0.15, 0.2) is 5.82 Å². The minimum absolute atomic E-state index is 0.144. The minimum atomic E-state index is -0.545. The van der Waals surface area contributed by atoms with Gasteiger partial charge in [-0.25, -0.2) is 9.67 Å². The van der Waals surface area contributed by atoms with Crippen molar-refractivity contribution >= 4 is 68.2 Å². The molecule has 1 aromatic carbocycles. The van der Waals surface area contributed by atoms with Crippen molar-refractivity contribution in [1.82, 2.24) is 20.1 Å². The first-order valence-corrected chi connectivity index (χ1v) is 10.1. The van der Waals surface area contributed by atoms with Crippen LogP contribution in [-0.2, 0) is 0 Å². The first-order chi connectivity index (χ1) is 13.7. The van der Waals surface area contributed by atoms with Gasteiger partial charge in [0.05, 0.1) is 26.3 Å². The summed E-state index contributed by atoms with van der Waals surface area (Å²) in [6.07, 6.45) is 1.53. The highest BCUT2D eigenvalue weighted by atomic mass is 79.9. The van der Waals surface area contributed by atoms with Crippen molar-refractivity contribution < 1.29 is 9.59 Å². The Hall–Kier alpha value is -2.13. The van der Waals surface area contributed by atoms with Crippen LogP contribution in [0, 0.1) is 6.92 Å². The highest BCUT2D eigenvalue weighted by molar-refractivity contribution is 9.10. The van der Waals surface area contributed by atoms with E-state index in [0.717, 1.165) is 0 Å². The number of benzene rings is 1. The van der Waals surface area contributed by atoms with Crippen LogP contribution in [0.3, 0.4) is 0 Å². The molecule has 0 bridgehead atoms. The highest BCUT2D eigenvalue weighted by Gasteiger charge is 2.23. The van der Waals surface area contributed by atoms with Crippen LogP contribution in [-0.4, -0.2) is 33.6 Å². The third kappa shape index (κ3) is 4.25. The number of amides is 2. The van der Waals surface area contributed by atoms with Crippen molar-refractivity contribution in [3.8, 4) is 5.82 Å². The molecule has 0 aliphatic carbocycles. The molecule has 7 nitrogen and oxygen atoms in total. The number of nitrogens with zero attached hydrogens (tertiary/aromatic N) is 3. The van der Waals surface area contributed by atoms with Crippen LogP contribution in [0.15, 0.2) is 35.1 Å². The molecule has 0 spiro atoms. The van der Waals surface area contributed by atoms with Gasteiger partial charge in [-0.2, -0.15) is 5.10 Å². The molecule has 0 unspecified atom stereocenters. The molecule has 0 aliphatic rings. The molecule has 0 aliphatic heterocycles. The Morgan fingerprint density at radius 1 is 1.14 bits per heavy atom. The maximum Gasteiger partial charge on any atom is 0.274 e. The van der Waals surface area contributed by atoms with Crippen LogP contribution < -0.4 is 10.6 Å². The van der Waals surface area contributed by atoms with Crippen molar-refractivity contribution in [2.75, 3.05) is 12.4 Å². The molecule has 0 saturated heterocycles. The SMILES string of the molecule is CNC(=O)c1cc(Cl)c(Cl)c(C)c1NC(=O)c1cc(Br)nn1-c1ncccc1Cl. The maximum atomic E-state index is 13.1. The Balaban J connectivity index is 2.08. The van der Waals surface area contributed by atoms with Crippen LogP contribution in [0.4, 0.5) is 5.69 Å². The molecule has 2 N–H and O–H groups in total. The average Bonchev–Trinajstić information content (AvgIpc) is 3.09. The van der Waals surface area contributed by atoms with Crippen LogP contribution in [0.25, 0.3) is 5.82 Å². The lowest BCUT2D eigenvalue weighted by Crippen LogP contribution is -2.24. The summed E-state index contributed by atoms with van der Waals surface area (Å²) >= 11 is 21.8. The Bertz CT molecular complexity index is 1130. The summed E-state index contributed by atoms with van der Waals surface area (Å²) in [6, 6.07) is 6.20. The van der Waals surface area contributed by atoms with E-state index in [1.165, 1.54) is 30.1 Å². The normalized spacial score (nSPS) is 10.7. The van der Waals surface area contributed by atoms with E-state index in [9.17, 15) is 9.59 Å². The number of pyridine rings is 1. The van der Waals surface area contributed by atoms with Gasteiger partial charge in [-0.1, -0.05) is 34.8 Å². The zero-order chi connectivity index (χ0) is 21.3. The van der Waals surface area contributed by atoms with E-state index >= 15 is 0 Å². The van der Waals surface area contributed by atoms with Gasteiger partial charge in [-0.3, -0.25) is 9.59 Å². The second-order valence-corrected chi connectivity index (χ2v) is 7.83. The summed E-state index contributed by atoms with van der Waals surface area (Å²) in [5, 5.41) is 10.2. The smallest absolute Gasteiger partial charge is 0.274 e. The summed E-state index contributed by atoms with van der Waals surface area (Å²) in [7, 11) is 1.47. The zero-order valence-corrected chi connectivity index (χ0v) is 18.9. The monoisotopic (exact) mass is 515 g/mol. The molecule has 2 amide bonds. The molecule has 150 valence electrons. The van der Waals surface area contributed by atoms with Crippen molar-refractivity contribution in [3.05, 3.63) is 67.0 Å². The van der Waals surface area contributed by atoms with Gasteiger partial charge in [0.2, 0.25) is 0 Å². The number of rotatable bonds is 4. The average molecular weight is 518 g/mol. The van der Waals surface area contributed by atoms with Gasteiger partial charge in [-0.15, -0.1) is 0 Å². The van der Waals surface area contributed by atoms with Gasteiger partial charge in [0.1, 0.15) is 10.3 Å². The fourth-order valence-electron chi connectivity index (χ4n) is 2.61. The van der Waals surface area contributed by atoms with Crippen LogP contribution in [0.2, 0.25) is 15.1 Å². The van der Waals surface area contributed by atoms with E-state index in [2.05, 4.69) is 36.6 Å². The van der Waals surface area contributed by atoms with E-state index in [1.807, 2.05) is 0 Å². The first kappa shape index (κ1) is 21.6.